The van der Waals surface area contributed by atoms with Crippen LogP contribution in [-0.2, 0) is 0 Å². The maximum Gasteiger partial charge on any atom is 0.0470 e. The highest BCUT2D eigenvalue weighted by Gasteiger charge is 2.43. The highest BCUT2D eigenvalue weighted by atomic mass is 127. The summed E-state index contributed by atoms with van der Waals surface area (Å²) in [5.41, 5.74) is 4.85. The summed E-state index contributed by atoms with van der Waals surface area (Å²) in [6, 6.07) is 0. The first-order valence-corrected chi connectivity index (χ1v) is 5.76. The van der Waals surface area contributed by atoms with E-state index in [-0.39, 0.29) is 0 Å². The first-order valence-electron chi connectivity index (χ1n) is 4.68. The molecule has 0 amide bonds. The van der Waals surface area contributed by atoms with Crippen LogP contribution in [0.3, 0.4) is 0 Å². The predicted octanol–water partition coefficient (Wildman–Crippen LogP) is 4.01. The van der Waals surface area contributed by atoms with E-state index in [2.05, 4.69) is 42.5 Å². The Kier molecular flexibility index (Phi) is 2.10. The van der Waals surface area contributed by atoms with Gasteiger partial charge in [-0.25, -0.2) is 0 Å². The van der Waals surface area contributed by atoms with E-state index in [0.29, 0.717) is 3.42 Å². The number of allylic oxidation sites excluding steroid dienone is 4. The van der Waals surface area contributed by atoms with Crippen LogP contribution < -0.4 is 0 Å². The van der Waals surface area contributed by atoms with E-state index < -0.39 is 0 Å². The smallest absolute Gasteiger partial charge is 0.0470 e. The Morgan fingerprint density at radius 3 is 2.50 bits per heavy atom. The van der Waals surface area contributed by atoms with Gasteiger partial charge in [-0.15, -0.1) is 0 Å². The van der Waals surface area contributed by atoms with Gasteiger partial charge in [-0.05, 0) is 45.1 Å². The van der Waals surface area contributed by atoms with Crippen molar-refractivity contribution in [3.63, 3.8) is 0 Å². The van der Waals surface area contributed by atoms with Crippen molar-refractivity contribution >= 4 is 22.6 Å². The Bertz CT molecular complexity index is 267. The molecule has 66 valence electrons. The Hall–Kier alpha value is 0.210. The average Bonchev–Trinajstić information content (AvgIpc) is 2.75. The van der Waals surface area contributed by atoms with E-state index >= 15 is 0 Å². The van der Waals surface area contributed by atoms with Gasteiger partial charge in [0, 0.05) is 3.42 Å². The van der Waals surface area contributed by atoms with Gasteiger partial charge in [0.2, 0.25) is 0 Å². The van der Waals surface area contributed by atoms with Crippen LogP contribution in [-0.4, -0.2) is 3.42 Å². The SMILES string of the molecule is CC1=CC(C2(I)CC2)=C(C)CC1. The largest absolute Gasteiger partial charge is 0.0737 e. The van der Waals surface area contributed by atoms with Crippen LogP contribution in [0.2, 0.25) is 0 Å². The summed E-state index contributed by atoms with van der Waals surface area (Å²) in [5, 5.41) is 0. The average molecular weight is 274 g/mol. The normalized spacial score (nSPS) is 27.1. The molecule has 2 aliphatic rings. The Labute approximate surface area is 88.3 Å². The molecular formula is C11H15I. The molecule has 0 aromatic heterocycles. The molecule has 0 atom stereocenters. The molecule has 12 heavy (non-hydrogen) atoms. The van der Waals surface area contributed by atoms with Crippen LogP contribution in [0.1, 0.15) is 39.5 Å². The van der Waals surface area contributed by atoms with E-state index in [1.165, 1.54) is 25.7 Å². The van der Waals surface area contributed by atoms with Gasteiger partial charge in [0.25, 0.3) is 0 Å². The fourth-order valence-electron chi connectivity index (χ4n) is 1.85. The van der Waals surface area contributed by atoms with E-state index in [1.54, 1.807) is 16.7 Å². The highest BCUT2D eigenvalue weighted by molar-refractivity contribution is 14.1. The fourth-order valence-corrected chi connectivity index (χ4v) is 2.74. The Morgan fingerprint density at radius 1 is 1.25 bits per heavy atom. The zero-order valence-electron chi connectivity index (χ0n) is 7.78. The van der Waals surface area contributed by atoms with Crippen molar-refractivity contribution < 1.29 is 0 Å². The number of alkyl halides is 1. The van der Waals surface area contributed by atoms with Gasteiger partial charge in [0.15, 0.2) is 0 Å². The quantitative estimate of drug-likeness (QED) is 0.500. The molecule has 1 saturated carbocycles. The Balaban J connectivity index is 2.32. The lowest BCUT2D eigenvalue weighted by atomic mass is 9.91. The van der Waals surface area contributed by atoms with Crippen molar-refractivity contribution in [3.8, 4) is 0 Å². The molecule has 0 heterocycles. The minimum atomic E-state index is 0.545. The second-order valence-corrected chi connectivity index (χ2v) is 6.21. The standard InChI is InChI=1S/C11H15I/c1-8-3-4-9(2)10(7-8)11(12)5-6-11/h7H,3-6H2,1-2H3. The van der Waals surface area contributed by atoms with Crippen LogP contribution in [0.15, 0.2) is 22.8 Å². The van der Waals surface area contributed by atoms with Gasteiger partial charge in [-0.2, -0.15) is 0 Å². The number of hydrogen-bond acceptors (Lipinski definition) is 0. The van der Waals surface area contributed by atoms with Crippen LogP contribution >= 0.6 is 22.6 Å². The molecule has 0 nitrogen and oxygen atoms in total. The van der Waals surface area contributed by atoms with Crippen molar-refractivity contribution in [2.24, 2.45) is 0 Å². The van der Waals surface area contributed by atoms with Crippen LogP contribution in [0, 0.1) is 0 Å². The topological polar surface area (TPSA) is 0 Å². The van der Waals surface area contributed by atoms with Crippen LogP contribution in [0.4, 0.5) is 0 Å². The fraction of sp³-hybridized carbons (Fsp3) is 0.636. The van der Waals surface area contributed by atoms with Crippen molar-refractivity contribution in [2.45, 2.75) is 43.0 Å². The predicted molar refractivity (Wildman–Crippen MR) is 61.7 cm³/mol. The second kappa shape index (κ2) is 2.86. The van der Waals surface area contributed by atoms with Gasteiger partial charge in [0.1, 0.15) is 0 Å². The highest BCUT2D eigenvalue weighted by Crippen LogP contribution is 2.53. The molecular weight excluding hydrogens is 259 g/mol. The van der Waals surface area contributed by atoms with Gasteiger partial charge < -0.3 is 0 Å². The van der Waals surface area contributed by atoms with Crippen molar-refractivity contribution in [3.05, 3.63) is 22.8 Å². The van der Waals surface area contributed by atoms with E-state index in [0.717, 1.165) is 0 Å². The number of rotatable bonds is 1. The molecule has 2 rings (SSSR count). The van der Waals surface area contributed by atoms with Crippen LogP contribution in [0.25, 0.3) is 0 Å². The molecule has 0 spiro atoms. The van der Waals surface area contributed by atoms with E-state index in [4.69, 9.17) is 0 Å². The third-order valence-electron chi connectivity index (χ3n) is 2.92. The van der Waals surface area contributed by atoms with Crippen molar-refractivity contribution in [2.75, 3.05) is 0 Å². The summed E-state index contributed by atoms with van der Waals surface area (Å²) in [5.74, 6) is 0. The zero-order valence-corrected chi connectivity index (χ0v) is 9.94. The molecule has 0 radical (unpaired) electrons. The van der Waals surface area contributed by atoms with E-state index in [9.17, 15) is 0 Å². The first-order chi connectivity index (χ1) is 5.62. The molecule has 0 aromatic rings. The molecule has 0 N–H and O–H groups in total. The monoisotopic (exact) mass is 274 g/mol. The van der Waals surface area contributed by atoms with Gasteiger partial charge in [0.05, 0.1) is 0 Å². The van der Waals surface area contributed by atoms with Crippen molar-refractivity contribution in [1.82, 2.24) is 0 Å². The van der Waals surface area contributed by atoms with Gasteiger partial charge in [-0.3, -0.25) is 0 Å². The van der Waals surface area contributed by atoms with Gasteiger partial charge in [-0.1, -0.05) is 39.8 Å². The third kappa shape index (κ3) is 1.48. The third-order valence-corrected chi connectivity index (χ3v) is 4.58. The summed E-state index contributed by atoms with van der Waals surface area (Å²) < 4.78 is 0.545. The second-order valence-electron chi connectivity index (χ2n) is 4.15. The lowest BCUT2D eigenvalue weighted by molar-refractivity contribution is 0.868. The molecule has 0 aliphatic heterocycles. The maximum absolute atomic E-state index is 2.63. The molecule has 0 saturated heterocycles. The lowest BCUT2D eigenvalue weighted by Gasteiger charge is -2.19. The first kappa shape index (κ1) is 8.79. The number of halogens is 1. The summed E-state index contributed by atoms with van der Waals surface area (Å²) in [4.78, 5) is 0. The Morgan fingerprint density at radius 2 is 1.92 bits per heavy atom. The summed E-state index contributed by atoms with van der Waals surface area (Å²) >= 11 is 2.63. The molecule has 0 bridgehead atoms. The van der Waals surface area contributed by atoms with Gasteiger partial charge >= 0.3 is 0 Å². The minimum absolute atomic E-state index is 0.545. The lowest BCUT2D eigenvalue weighted by Crippen LogP contribution is -2.06. The molecule has 2 aliphatic carbocycles. The molecule has 0 aromatic carbocycles. The summed E-state index contributed by atoms with van der Waals surface area (Å²) in [6.07, 6.45) is 7.79. The number of hydrogen-bond donors (Lipinski definition) is 0. The molecule has 0 unspecified atom stereocenters. The maximum atomic E-state index is 2.63. The summed E-state index contributed by atoms with van der Waals surface area (Å²) in [7, 11) is 0. The molecule has 1 heteroatoms. The van der Waals surface area contributed by atoms with E-state index in [1.807, 2.05) is 0 Å². The summed E-state index contributed by atoms with van der Waals surface area (Å²) in [6.45, 7) is 4.56. The van der Waals surface area contributed by atoms with Crippen LogP contribution in [0.5, 0.6) is 0 Å². The minimum Gasteiger partial charge on any atom is -0.0737 e. The van der Waals surface area contributed by atoms with Crippen molar-refractivity contribution in [1.29, 1.82) is 0 Å². The molecule has 1 fully saturated rings. The zero-order chi connectivity index (χ0) is 8.77.